The molecule has 5 nitrogen and oxygen atoms in total. The highest BCUT2D eigenvalue weighted by Gasteiger charge is 2.19. The molecule has 19 heavy (non-hydrogen) atoms. The van der Waals surface area contributed by atoms with Crippen molar-refractivity contribution in [1.82, 2.24) is 0 Å². The van der Waals surface area contributed by atoms with Crippen LogP contribution >= 0.6 is 0 Å². The summed E-state index contributed by atoms with van der Waals surface area (Å²) < 4.78 is 0. The van der Waals surface area contributed by atoms with E-state index in [0.717, 1.165) is 16.3 Å². The molecular formula is C14H13N4O+. The number of hydrogen-bond donors (Lipinski definition) is 3. The number of nitrogens with two attached hydrogens (primary N) is 2. The van der Waals surface area contributed by atoms with Crippen LogP contribution in [0.1, 0.15) is 17.3 Å². The molecule has 0 aromatic heterocycles. The molecule has 2 aromatic rings. The third kappa shape index (κ3) is 1.95. The van der Waals surface area contributed by atoms with E-state index in [1.165, 1.54) is 6.07 Å². The fourth-order valence-electron chi connectivity index (χ4n) is 2.11. The van der Waals surface area contributed by atoms with E-state index in [0.29, 0.717) is 5.56 Å². The number of nitrogens with zero attached hydrogens (tertiary/aromatic N) is 1. The highest BCUT2D eigenvalue weighted by atomic mass is 16.3. The van der Waals surface area contributed by atoms with E-state index in [4.69, 9.17) is 11.1 Å². The molecule has 1 heterocycles. The standard InChI is InChI=1S/C14H12N4O/c15-13(16)8-5-6-10-11(7-8)18-14(17-10)9-3-1-2-4-12(9)19/h1-7,14,19H,(H3,15,16)/p+1. The van der Waals surface area contributed by atoms with E-state index in [1.54, 1.807) is 12.1 Å². The predicted molar refractivity (Wildman–Crippen MR) is 66.1 cm³/mol. The Morgan fingerprint density at radius 1 is 1.26 bits per heavy atom. The maximum absolute atomic E-state index is 11.8. The van der Waals surface area contributed by atoms with Crippen molar-refractivity contribution in [2.75, 3.05) is 0 Å². The van der Waals surface area contributed by atoms with Crippen molar-refractivity contribution in [2.24, 2.45) is 10.7 Å². The Bertz CT molecular complexity index is 782. The molecule has 1 unspecified atom stereocenters. The monoisotopic (exact) mass is 253 g/mol. The van der Waals surface area contributed by atoms with Gasteiger partial charge in [0.15, 0.2) is 0 Å². The van der Waals surface area contributed by atoms with Gasteiger partial charge in [-0.2, -0.15) is 0 Å². The highest BCUT2D eigenvalue weighted by molar-refractivity contribution is 5.92. The average Bonchev–Trinajstić information content (AvgIpc) is 2.81. The molecule has 0 saturated heterocycles. The normalized spacial score (nSPS) is 16.3. The minimum Gasteiger partial charge on any atom is -0.872 e. The molecule has 5 N–H and O–H groups in total. The van der Waals surface area contributed by atoms with Crippen molar-refractivity contribution in [1.29, 1.82) is 0 Å². The van der Waals surface area contributed by atoms with Crippen molar-refractivity contribution < 1.29 is 15.5 Å². The Kier molecular flexibility index (Phi) is 2.52. The van der Waals surface area contributed by atoms with Crippen LogP contribution in [-0.2, 0) is 0 Å². The summed E-state index contributed by atoms with van der Waals surface area (Å²) in [5, 5.41) is 19.0. The second kappa shape index (κ2) is 4.20. The number of fused-ring (bicyclic) bond motifs is 1. The number of amidine groups is 1. The third-order valence-corrected chi connectivity index (χ3v) is 3.11. The number of benzene rings is 2. The maximum atomic E-state index is 11.8. The summed E-state index contributed by atoms with van der Waals surface area (Å²) >= 11 is 0. The summed E-state index contributed by atoms with van der Waals surface area (Å²) in [7, 11) is 0. The van der Waals surface area contributed by atoms with E-state index in [9.17, 15) is 5.11 Å². The van der Waals surface area contributed by atoms with Gasteiger partial charge in [0.25, 0.3) is 12.0 Å². The van der Waals surface area contributed by atoms with Gasteiger partial charge in [0.2, 0.25) is 5.36 Å². The van der Waals surface area contributed by atoms with Crippen LogP contribution in [0.4, 0.5) is 0 Å². The lowest BCUT2D eigenvalue weighted by molar-refractivity contribution is -0.542. The van der Waals surface area contributed by atoms with Gasteiger partial charge in [-0.15, -0.1) is 0 Å². The Morgan fingerprint density at radius 2 is 2.05 bits per heavy atom. The molecule has 0 amide bonds. The molecule has 3 rings (SSSR count). The van der Waals surface area contributed by atoms with Crippen LogP contribution in [0.15, 0.2) is 47.5 Å². The first-order valence-electron chi connectivity index (χ1n) is 5.91. The van der Waals surface area contributed by atoms with Gasteiger partial charge in [0.05, 0.1) is 5.56 Å². The zero-order valence-corrected chi connectivity index (χ0v) is 10.1. The first-order valence-corrected chi connectivity index (χ1v) is 5.91. The van der Waals surface area contributed by atoms with Gasteiger partial charge in [0.1, 0.15) is 5.36 Å². The van der Waals surface area contributed by atoms with Gasteiger partial charge in [-0.3, -0.25) is 11.1 Å². The lowest BCUT2D eigenvalue weighted by Crippen LogP contribution is -2.76. The smallest absolute Gasteiger partial charge is 0.271 e. The molecule has 1 atom stereocenters. The van der Waals surface area contributed by atoms with Crippen LogP contribution in [0.3, 0.4) is 0 Å². The molecular weight excluding hydrogens is 240 g/mol. The number of nitrogens with one attached hydrogen (secondary N) is 1. The second-order valence-electron chi connectivity index (χ2n) is 4.40. The summed E-state index contributed by atoms with van der Waals surface area (Å²) in [5.41, 5.74) is 6.93. The van der Waals surface area contributed by atoms with Crippen LogP contribution in [0.25, 0.3) is 0 Å². The van der Waals surface area contributed by atoms with Crippen molar-refractivity contribution in [3.05, 3.63) is 64.3 Å². The van der Waals surface area contributed by atoms with Crippen molar-refractivity contribution in [2.45, 2.75) is 6.17 Å². The van der Waals surface area contributed by atoms with Crippen LogP contribution in [0.5, 0.6) is 5.75 Å². The molecule has 2 aromatic carbocycles. The predicted octanol–water partition coefficient (Wildman–Crippen LogP) is -3.74. The van der Waals surface area contributed by atoms with E-state index in [1.807, 2.05) is 24.3 Å². The quantitative estimate of drug-likeness (QED) is 0.378. The lowest BCUT2D eigenvalue weighted by Gasteiger charge is -2.11. The fraction of sp³-hybridized carbons (Fsp3) is 0.0714. The Hall–Kier alpha value is -2.69. The zero-order valence-electron chi connectivity index (χ0n) is 10.1. The van der Waals surface area contributed by atoms with E-state index in [-0.39, 0.29) is 17.8 Å². The van der Waals surface area contributed by atoms with Crippen LogP contribution in [0, 0.1) is 0 Å². The van der Waals surface area contributed by atoms with Crippen LogP contribution < -0.4 is 32.0 Å². The molecule has 0 bridgehead atoms. The molecule has 5 heteroatoms. The fourth-order valence-corrected chi connectivity index (χ4v) is 2.11. The molecule has 0 saturated carbocycles. The summed E-state index contributed by atoms with van der Waals surface area (Å²) in [5.74, 6) is 0.229. The molecule has 0 fully saturated rings. The van der Waals surface area contributed by atoms with Crippen LogP contribution in [-0.4, -0.2) is 5.84 Å². The van der Waals surface area contributed by atoms with Gasteiger partial charge in [0, 0.05) is 11.6 Å². The molecule has 0 radical (unpaired) electrons. The minimum absolute atomic E-state index is 0.0262. The first kappa shape index (κ1) is 11.4. The molecule has 0 aliphatic carbocycles. The molecule has 1 aliphatic heterocycles. The SMILES string of the molecule is NC(=[NH2+])c1ccc2c(c1)=NC(c1ccccc1[O-])[NH+]=2. The molecule has 0 spiro atoms. The highest BCUT2D eigenvalue weighted by Crippen LogP contribution is 2.18. The number of rotatable bonds is 2. The first-order chi connectivity index (χ1) is 9.15. The maximum Gasteiger partial charge on any atom is 0.271 e. The Morgan fingerprint density at radius 3 is 2.79 bits per heavy atom. The zero-order chi connectivity index (χ0) is 13.4. The lowest BCUT2D eigenvalue weighted by atomic mass is 10.1. The molecule has 94 valence electrons. The van der Waals surface area contributed by atoms with Crippen LogP contribution in [0.2, 0.25) is 0 Å². The van der Waals surface area contributed by atoms with Gasteiger partial charge >= 0.3 is 0 Å². The summed E-state index contributed by atoms with van der Waals surface area (Å²) in [6.45, 7) is 0. The van der Waals surface area contributed by atoms with Crippen molar-refractivity contribution in [3.8, 4) is 5.75 Å². The molecule has 1 aliphatic rings. The summed E-state index contributed by atoms with van der Waals surface area (Å²) in [4.78, 5) is 7.69. The van der Waals surface area contributed by atoms with Gasteiger partial charge in [-0.25, -0.2) is 9.98 Å². The van der Waals surface area contributed by atoms with Gasteiger partial charge in [-0.05, 0) is 12.1 Å². The third-order valence-electron chi connectivity index (χ3n) is 3.11. The van der Waals surface area contributed by atoms with Crippen molar-refractivity contribution in [3.63, 3.8) is 0 Å². The Labute approximate surface area is 109 Å². The summed E-state index contributed by atoms with van der Waals surface area (Å²) in [6, 6.07) is 12.4. The number of hydrogen-bond acceptors (Lipinski definition) is 2. The topological polar surface area (TPSA) is 101 Å². The second-order valence-corrected chi connectivity index (χ2v) is 4.40. The van der Waals surface area contributed by atoms with Gasteiger partial charge < -0.3 is 5.11 Å². The van der Waals surface area contributed by atoms with Crippen molar-refractivity contribution >= 4 is 5.84 Å². The largest absolute Gasteiger partial charge is 0.872 e. The van der Waals surface area contributed by atoms with E-state index in [2.05, 4.69) is 9.98 Å². The average molecular weight is 253 g/mol. The Balaban J connectivity index is 2.10. The minimum atomic E-state index is -0.349. The number of para-hydroxylation sites is 1. The van der Waals surface area contributed by atoms with Gasteiger partial charge in [-0.1, -0.05) is 30.0 Å². The van der Waals surface area contributed by atoms with E-state index < -0.39 is 0 Å². The summed E-state index contributed by atoms with van der Waals surface area (Å²) in [6.07, 6.45) is -0.349. The van der Waals surface area contributed by atoms with E-state index >= 15 is 0 Å².